The molecular weight excluding hydrogens is 343 g/mol. The molecular formula is C14H13IOS. The van der Waals surface area contributed by atoms with E-state index in [1.165, 1.54) is 5.56 Å². The molecule has 0 saturated heterocycles. The van der Waals surface area contributed by atoms with Crippen molar-refractivity contribution in [3.05, 3.63) is 55.3 Å². The zero-order valence-electron chi connectivity index (χ0n) is 9.74. The van der Waals surface area contributed by atoms with Crippen LogP contribution < -0.4 is 0 Å². The highest BCUT2D eigenvalue weighted by atomic mass is 127. The molecule has 0 aliphatic heterocycles. The second-order valence-electron chi connectivity index (χ2n) is 4.25. The van der Waals surface area contributed by atoms with Crippen LogP contribution in [0.5, 0.6) is 0 Å². The molecule has 0 spiro atoms. The standard InChI is InChI=1S/C14H13IOS/c1-9(2)10-3-5-11(6-4-10)14(16)12-7-13(15)17-8-12/h3-9H,1-2H3. The summed E-state index contributed by atoms with van der Waals surface area (Å²) < 4.78 is 1.14. The summed E-state index contributed by atoms with van der Waals surface area (Å²) in [7, 11) is 0. The van der Waals surface area contributed by atoms with Crippen molar-refractivity contribution in [1.82, 2.24) is 0 Å². The largest absolute Gasteiger partial charge is 0.289 e. The number of carbonyl (C=O) groups is 1. The van der Waals surface area contributed by atoms with Gasteiger partial charge in [0, 0.05) is 16.5 Å². The summed E-state index contributed by atoms with van der Waals surface area (Å²) in [6.45, 7) is 4.30. The quantitative estimate of drug-likeness (QED) is 0.575. The first-order valence-corrected chi connectivity index (χ1v) is 7.42. The maximum Gasteiger partial charge on any atom is 0.193 e. The maximum atomic E-state index is 12.1. The van der Waals surface area contributed by atoms with Crippen LogP contribution in [0.3, 0.4) is 0 Å². The Balaban J connectivity index is 2.26. The molecule has 2 rings (SSSR count). The Kier molecular flexibility index (Phi) is 3.99. The minimum Gasteiger partial charge on any atom is -0.289 e. The second-order valence-corrected chi connectivity index (χ2v) is 7.05. The second kappa shape index (κ2) is 5.31. The number of rotatable bonds is 3. The van der Waals surface area contributed by atoms with Gasteiger partial charge in [0.15, 0.2) is 5.78 Å². The Morgan fingerprint density at radius 2 is 1.82 bits per heavy atom. The minimum absolute atomic E-state index is 0.111. The average Bonchev–Trinajstić information content (AvgIpc) is 2.75. The molecule has 0 radical (unpaired) electrons. The average molecular weight is 356 g/mol. The third-order valence-corrected chi connectivity index (χ3v) is 4.46. The number of carbonyl (C=O) groups excluding carboxylic acids is 1. The molecule has 0 saturated carbocycles. The molecule has 0 N–H and O–H groups in total. The lowest BCUT2D eigenvalue weighted by Crippen LogP contribution is -2.00. The highest BCUT2D eigenvalue weighted by Gasteiger charge is 2.11. The van der Waals surface area contributed by atoms with Crippen LogP contribution in [-0.4, -0.2) is 5.78 Å². The first-order chi connectivity index (χ1) is 8.08. The van der Waals surface area contributed by atoms with Gasteiger partial charge in [0.25, 0.3) is 0 Å². The van der Waals surface area contributed by atoms with Crippen molar-refractivity contribution >= 4 is 39.7 Å². The summed E-state index contributed by atoms with van der Waals surface area (Å²) in [5, 5.41) is 1.92. The first kappa shape index (κ1) is 12.8. The Labute approximate surface area is 119 Å². The predicted octanol–water partition coefficient (Wildman–Crippen LogP) is 4.71. The van der Waals surface area contributed by atoms with Gasteiger partial charge in [0.05, 0.1) is 2.88 Å². The van der Waals surface area contributed by atoms with Crippen molar-refractivity contribution in [3.63, 3.8) is 0 Å². The third-order valence-electron chi connectivity index (χ3n) is 2.67. The van der Waals surface area contributed by atoms with Crippen molar-refractivity contribution in [1.29, 1.82) is 0 Å². The van der Waals surface area contributed by atoms with E-state index < -0.39 is 0 Å². The Bertz CT molecular complexity index is 525. The lowest BCUT2D eigenvalue weighted by Gasteiger charge is -2.05. The van der Waals surface area contributed by atoms with Gasteiger partial charge in [-0.15, -0.1) is 11.3 Å². The maximum absolute atomic E-state index is 12.1. The van der Waals surface area contributed by atoms with Crippen molar-refractivity contribution in [2.75, 3.05) is 0 Å². The zero-order chi connectivity index (χ0) is 12.4. The van der Waals surface area contributed by atoms with E-state index >= 15 is 0 Å². The summed E-state index contributed by atoms with van der Waals surface area (Å²) in [6.07, 6.45) is 0. The van der Waals surface area contributed by atoms with E-state index in [2.05, 4.69) is 36.4 Å². The summed E-state index contributed by atoms with van der Waals surface area (Å²) >= 11 is 3.83. The van der Waals surface area contributed by atoms with Gasteiger partial charge < -0.3 is 0 Å². The minimum atomic E-state index is 0.111. The molecule has 1 aromatic carbocycles. The lowest BCUT2D eigenvalue weighted by atomic mass is 9.99. The molecule has 0 amide bonds. The van der Waals surface area contributed by atoms with Gasteiger partial charge in [-0.25, -0.2) is 0 Å². The molecule has 0 aliphatic carbocycles. The lowest BCUT2D eigenvalue weighted by molar-refractivity contribution is 0.103. The molecule has 0 aliphatic rings. The normalized spacial score (nSPS) is 10.8. The molecule has 17 heavy (non-hydrogen) atoms. The van der Waals surface area contributed by atoms with E-state index in [1.54, 1.807) is 11.3 Å². The predicted molar refractivity (Wildman–Crippen MR) is 81.0 cm³/mol. The molecule has 0 unspecified atom stereocenters. The molecule has 88 valence electrons. The van der Waals surface area contributed by atoms with Crippen LogP contribution in [-0.2, 0) is 0 Å². The number of hydrogen-bond acceptors (Lipinski definition) is 2. The van der Waals surface area contributed by atoms with Crippen molar-refractivity contribution in [2.45, 2.75) is 19.8 Å². The van der Waals surface area contributed by atoms with Gasteiger partial charge in [-0.05, 0) is 40.1 Å². The van der Waals surface area contributed by atoms with E-state index in [0.29, 0.717) is 5.92 Å². The van der Waals surface area contributed by atoms with Crippen LogP contribution in [0.1, 0.15) is 41.3 Å². The number of halogens is 1. The van der Waals surface area contributed by atoms with Gasteiger partial charge in [-0.2, -0.15) is 0 Å². The van der Waals surface area contributed by atoms with Crippen molar-refractivity contribution < 1.29 is 4.79 Å². The van der Waals surface area contributed by atoms with Gasteiger partial charge in [-0.1, -0.05) is 38.1 Å². The highest BCUT2D eigenvalue weighted by molar-refractivity contribution is 14.1. The number of thiophene rings is 1. The molecule has 0 atom stereocenters. The van der Waals surface area contributed by atoms with Gasteiger partial charge in [-0.3, -0.25) is 4.79 Å². The molecule has 0 bridgehead atoms. The van der Waals surface area contributed by atoms with E-state index in [9.17, 15) is 4.79 Å². The fraction of sp³-hybridized carbons (Fsp3) is 0.214. The molecule has 2 aromatic rings. The SMILES string of the molecule is CC(C)c1ccc(C(=O)c2csc(I)c2)cc1. The van der Waals surface area contributed by atoms with Crippen LogP contribution in [0.2, 0.25) is 0 Å². The number of benzene rings is 1. The fourth-order valence-corrected chi connectivity index (χ4v) is 2.94. The van der Waals surface area contributed by atoms with Gasteiger partial charge in [0.1, 0.15) is 0 Å². The summed E-state index contributed by atoms with van der Waals surface area (Å²) in [6, 6.07) is 9.85. The van der Waals surface area contributed by atoms with E-state index in [0.717, 1.165) is 14.0 Å². The van der Waals surface area contributed by atoms with Crippen LogP contribution in [0.15, 0.2) is 35.7 Å². The molecule has 0 fully saturated rings. The van der Waals surface area contributed by atoms with E-state index in [1.807, 2.05) is 35.7 Å². The van der Waals surface area contributed by atoms with Crippen LogP contribution in [0, 0.1) is 2.88 Å². The number of hydrogen-bond donors (Lipinski definition) is 0. The van der Waals surface area contributed by atoms with Crippen LogP contribution >= 0.6 is 33.9 Å². The topological polar surface area (TPSA) is 17.1 Å². The van der Waals surface area contributed by atoms with E-state index in [4.69, 9.17) is 0 Å². The smallest absolute Gasteiger partial charge is 0.193 e. The molecule has 1 heterocycles. The Morgan fingerprint density at radius 3 is 2.29 bits per heavy atom. The fourth-order valence-electron chi connectivity index (χ4n) is 1.62. The van der Waals surface area contributed by atoms with Crippen LogP contribution in [0.25, 0.3) is 0 Å². The zero-order valence-corrected chi connectivity index (χ0v) is 12.7. The Hall–Kier alpha value is -0.680. The molecule has 3 heteroatoms. The monoisotopic (exact) mass is 356 g/mol. The Morgan fingerprint density at radius 1 is 1.18 bits per heavy atom. The molecule has 1 nitrogen and oxygen atoms in total. The van der Waals surface area contributed by atoms with Crippen LogP contribution in [0.4, 0.5) is 0 Å². The van der Waals surface area contributed by atoms with Gasteiger partial charge >= 0.3 is 0 Å². The number of ketones is 1. The first-order valence-electron chi connectivity index (χ1n) is 5.46. The summed E-state index contributed by atoms with van der Waals surface area (Å²) in [5.74, 6) is 0.612. The third kappa shape index (κ3) is 2.96. The summed E-state index contributed by atoms with van der Waals surface area (Å²) in [4.78, 5) is 12.1. The van der Waals surface area contributed by atoms with Crippen molar-refractivity contribution in [2.24, 2.45) is 0 Å². The highest BCUT2D eigenvalue weighted by Crippen LogP contribution is 2.21. The van der Waals surface area contributed by atoms with E-state index in [-0.39, 0.29) is 5.78 Å². The molecule has 1 aromatic heterocycles. The van der Waals surface area contributed by atoms with Gasteiger partial charge in [0.2, 0.25) is 0 Å². The van der Waals surface area contributed by atoms with Crippen molar-refractivity contribution in [3.8, 4) is 0 Å². The summed E-state index contributed by atoms with van der Waals surface area (Å²) in [5.41, 5.74) is 2.82.